The van der Waals surface area contributed by atoms with Crippen LogP contribution in [0.4, 0.5) is 0 Å². The maximum absolute atomic E-state index is 11.1. The Hall–Kier alpha value is -0.0800. The van der Waals surface area contributed by atoms with Crippen LogP contribution in [-0.4, -0.2) is 17.3 Å². The lowest BCUT2D eigenvalue weighted by Gasteiger charge is -2.50. The van der Waals surface area contributed by atoms with E-state index in [1.165, 1.54) is 38.5 Å². The van der Waals surface area contributed by atoms with Crippen LogP contribution in [0.3, 0.4) is 0 Å². The Bertz CT molecular complexity index is 235. The molecule has 2 nitrogen and oxygen atoms in total. The first-order valence-electron chi connectivity index (χ1n) is 7.54. The van der Waals surface area contributed by atoms with Gasteiger partial charge in [-0.15, -0.1) is 0 Å². The third kappa shape index (κ3) is 2.53. The minimum atomic E-state index is -0.460. The molecule has 2 saturated carbocycles. The predicted molar refractivity (Wildman–Crippen MR) is 71.8 cm³/mol. The van der Waals surface area contributed by atoms with Crippen LogP contribution < -0.4 is 5.73 Å². The number of hydrogen-bond acceptors (Lipinski definition) is 2. The molecule has 2 aliphatic rings. The summed E-state index contributed by atoms with van der Waals surface area (Å²) in [6.07, 6.45) is 11.7. The quantitative estimate of drug-likeness (QED) is 0.727. The first kappa shape index (κ1) is 13.4. The summed E-state index contributed by atoms with van der Waals surface area (Å²) in [5.74, 6) is 0.823. The van der Waals surface area contributed by atoms with E-state index in [2.05, 4.69) is 6.92 Å². The summed E-state index contributed by atoms with van der Waals surface area (Å²) in [6, 6.07) is 0. The highest BCUT2D eigenvalue weighted by Gasteiger charge is 2.49. The summed E-state index contributed by atoms with van der Waals surface area (Å²) in [6.45, 7) is 3.01. The van der Waals surface area contributed by atoms with Crippen molar-refractivity contribution in [1.82, 2.24) is 0 Å². The van der Waals surface area contributed by atoms with E-state index in [-0.39, 0.29) is 5.41 Å². The second-order valence-electron chi connectivity index (χ2n) is 6.61. The van der Waals surface area contributed by atoms with Gasteiger partial charge in [0.05, 0.1) is 5.60 Å². The van der Waals surface area contributed by atoms with Crippen LogP contribution in [-0.2, 0) is 0 Å². The second kappa shape index (κ2) is 5.27. The highest BCUT2D eigenvalue weighted by Crippen LogP contribution is 2.50. The standard InChI is InChI=1S/C15H29NO/c1-13-6-10-14(12-16,11-7-13)15(17)8-4-2-3-5-9-15/h13,17H,2-12,16H2,1H3. The molecule has 0 saturated heterocycles. The van der Waals surface area contributed by atoms with Crippen molar-refractivity contribution in [3.8, 4) is 0 Å². The third-order valence-corrected chi connectivity index (χ3v) is 5.54. The Morgan fingerprint density at radius 2 is 1.53 bits per heavy atom. The third-order valence-electron chi connectivity index (χ3n) is 5.54. The Labute approximate surface area is 106 Å². The average Bonchev–Trinajstić information content (AvgIpc) is 2.57. The summed E-state index contributed by atoms with van der Waals surface area (Å²) in [5, 5.41) is 11.1. The largest absolute Gasteiger partial charge is 0.389 e. The molecule has 2 fully saturated rings. The van der Waals surface area contributed by atoms with Crippen molar-refractivity contribution in [2.24, 2.45) is 17.1 Å². The van der Waals surface area contributed by atoms with Crippen LogP contribution in [0.2, 0.25) is 0 Å². The monoisotopic (exact) mass is 239 g/mol. The van der Waals surface area contributed by atoms with Gasteiger partial charge in [0.2, 0.25) is 0 Å². The van der Waals surface area contributed by atoms with Crippen LogP contribution in [0.1, 0.15) is 71.1 Å². The predicted octanol–water partition coefficient (Wildman–Crippen LogP) is 3.23. The van der Waals surface area contributed by atoms with Gasteiger partial charge in [-0.05, 0) is 31.6 Å². The normalized spacial score (nSPS) is 38.6. The van der Waals surface area contributed by atoms with Crippen molar-refractivity contribution < 1.29 is 5.11 Å². The molecule has 0 aliphatic heterocycles. The number of aliphatic hydroxyl groups is 1. The molecule has 3 N–H and O–H groups in total. The van der Waals surface area contributed by atoms with Gasteiger partial charge in [0.25, 0.3) is 0 Å². The van der Waals surface area contributed by atoms with Gasteiger partial charge in [-0.1, -0.05) is 45.4 Å². The maximum atomic E-state index is 11.1. The molecule has 0 unspecified atom stereocenters. The molecular formula is C15H29NO. The molecule has 100 valence electrons. The molecule has 0 spiro atoms. The molecule has 2 aliphatic carbocycles. The Morgan fingerprint density at radius 3 is 2.00 bits per heavy atom. The fourth-order valence-electron chi connectivity index (χ4n) is 4.02. The van der Waals surface area contributed by atoms with Crippen LogP contribution in [0, 0.1) is 11.3 Å². The molecule has 2 heteroatoms. The summed E-state index contributed by atoms with van der Waals surface area (Å²) in [7, 11) is 0. The SMILES string of the molecule is CC1CCC(CN)(C2(O)CCCCCC2)CC1. The lowest BCUT2D eigenvalue weighted by Crippen LogP contribution is -2.54. The van der Waals surface area contributed by atoms with E-state index in [4.69, 9.17) is 5.73 Å². The minimum absolute atomic E-state index is 0.0316. The molecule has 0 atom stereocenters. The van der Waals surface area contributed by atoms with Crippen molar-refractivity contribution in [3.05, 3.63) is 0 Å². The Kier molecular flexibility index (Phi) is 4.14. The molecular weight excluding hydrogens is 210 g/mol. The molecule has 0 aromatic heterocycles. The fourth-order valence-corrected chi connectivity index (χ4v) is 4.02. The second-order valence-corrected chi connectivity index (χ2v) is 6.61. The van der Waals surface area contributed by atoms with Gasteiger partial charge in [-0.2, -0.15) is 0 Å². The molecule has 0 amide bonds. The van der Waals surface area contributed by atoms with Gasteiger partial charge in [0, 0.05) is 12.0 Å². The smallest absolute Gasteiger partial charge is 0.0715 e. The summed E-state index contributed by atoms with van der Waals surface area (Å²) < 4.78 is 0. The van der Waals surface area contributed by atoms with Crippen molar-refractivity contribution in [2.75, 3.05) is 6.54 Å². The zero-order valence-electron chi connectivity index (χ0n) is 11.4. The van der Waals surface area contributed by atoms with Crippen molar-refractivity contribution >= 4 is 0 Å². The molecule has 0 radical (unpaired) electrons. The number of nitrogens with two attached hydrogens (primary N) is 1. The number of rotatable bonds is 2. The van der Waals surface area contributed by atoms with Gasteiger partial charge in [-0.25, -0.2) is 0 Å². The van der Waals surface area contributed by atoms with Gasteiger partial charge in [0.15, 0.2) is 0 Å². The van der Waals surface area contributed by atoms with Crippen LogP contribution in [0.25, 0.3) is 0 Å². The van der Waals surface area contributed by atoms with E-state index in [9.17, 15) is 5.11 Å². The number of hydrogen-bond donors (Lipinski definition) is 2. The molecule has 2 rings (SSSR count). The van der Waals surface area contributed by atoms with E-state index in [1.807, 2.05) is 0 Å². The van der Waals surface area contributed by atoms with Gasteiger partial charge < -0.3 is 10.8 Å². The molecule has 0 bridgehead atoms. The molecule has 0 heterocycles. The average molecular weight is 239 g/mol. The van der Waals surface area contributed by atoms with Crippen LogP contribution >= 0.6 is 0 Å². The molecule has 0 aromatic rings. The fraction of sp³-hybridized carbons (Fsp3) is 1.00. The summed E-state index contributed by atoms with van der Waals surface area (Å²) in [5.41, 5.74) is 5.66. The first-order chi connectivity index (χ1) is 8.12. The zero-order valence-corrected chi connectivity index (χ0v) is 11.4. The van der Waals surface area contributed by atoms with Gasteiger partial charge in [-0.3, -0.25) is 0 Å². The highest BCUT2D eigenvalue weighted by molar-refractivity contribution is 5.02. The van der Waals surface area contributed by atoms with E-state index < -0.39 is 5.60 Å². The summed E-state index contributed by atoms with van der Waals surface area (Å²) >= 11 is 0. The van der Waals surface area contributed by atoms with Gasteiger partial charge in [0.1, 0.15) is 0 Å². The Morgan fingerprint density at radius 1 is 1.00 bits per heavy atom. The maximum Gasteiger partial charge on any atom is 0.0715 e. The minimum Gasteiger partial charge on any atom is -0.389 e. The van der Waals surface area contributed by atoms with E-state index in [0.29, 0.717) is 6.54 Å². The first-order valence-corrected chi connectivity index (χ1v) is 7.54. The zero-order chi connectivity index (χ0) is 12.4. The van der Waals surface area contributed by atoms with Crippen LogP contribution in [0.5, 0.6) is 0 Å². The van der Waals surface area contributed by atoms with Crippen molar-refractivity contribution in [3.63, 3.8) is 0 Å². The molecule has 17 heavy (non-hydrogen) atoms. The van der Waals surface area contributed by atoms with E-state index in [1.54, 1.807) is 0 Å². The van der Waals surface area contributed by atoms with Gasteiger partial charge >= 0.3 is 0 Å². The van der Waals surface area contributed by atoms with Crippen molar-refractivity contribution in [2.45, 2.75) is 76.7 Å². The lowest BCUT2D eigenvalue weighted by atomic mass is 9.59. The molecule has 0 aromatic carbocycles. The lowest BCUT2D eigenvalue weighted by molar-refractivity contribution is -0.113. The highest BCUT2D eigenvalue weighted by atomic mass is 16.3. The Balaban J connectivity index is 2.14. The van der Waals surface area contributed by atoms with E-state index in [0.717, 1.165) is 31.6 Å². The van der Waals surface area contributed by atoms with E-state index >= 15 is 0 Å². The van der Waals surface area contributed by atoms with Crippen LogP contribution in [0.15, 0.2) is 0 Å². The summed E-state index contributed by atoms with van der Waals surface area (Å²) in [4.78, 5) is 0. The van der Waals surface area contributed by atoms with Crippen molar-refractivity contribution in [1.29, 1.82) is 0 Å². The topological polar surface area (TPSA) is 46.2 Å².